The molecule has 0 saturated carbocycles. The molecule has 0 radical (unpaired) electrons. The predicted molar refractivity (Wildman–Crippen MR) is 96.9 cm³/mol. The topological polar surface area (TPSA) is 77.3 Å². The summed E-state index contributed by atoms with van der Waals surface area (Å²) in [5.41, 5.74) is 0.416. The summed E-state index contributed by atoms with van der Waals surface area (Å²) < 4.78 is 6.28. The van der Waals surface area contributed by atoms with E-state index in [4.69, 9.17) is 4.74 Å². The fourth-order valence-electron chi connectivity index (χ4n) is 2.56. The van der Waals surface area contributed by atoms with Crippen LogP contribution in [0.15, 0.2) is 53.4 Å². The maximum absolute atomic E-state index is 12.6. The van der Waals surface area contributed by atoms with Crippen molar-refractivity contribution >= 4 is 28.6 Å². The van der Waals surface area contributed by atoms with E-state index in [0.717, 1.165) is 10.6 Å². The van der Waals surface area contributed by atoms with E-state index in [-0.39, 0.29) is 34.0 Å². The van der Waals surface area contributed by atoms with Crippen molar-refractivity contribution in [3.05, 3.63) is 70.0 Å². The van der Waals surface area contributed by atoms with Crippen LogP contribution in [0, 0.1) is 17.0 Å². The second kappa shape index (κ2) is 6.98. The Bertz CT molecular complexity index is 996. The van der Waals surface area contributed by atoms with Gasteiger partial charge >= 0.3 is 5.69 Å². The van der Waals surface area contributed by atoms with Gasteiger partial charge in [-0.25, -0.2) is 0 Å². The number of para-hydroxylation sites is 2. The first-order chi connectivity index (χ1) is 12.0. The lowest BCUT2D eigenvalue weighted by molar-refractivity contribution is -0.468. The normalized spacial score (nSPS) is 10.8. The molecule has 0 atom stereocenters. The number of ketones is 1. The lowest BCUT2D eigenvalue weighted by Gasteiger charge is -2.15. The molecule has 7 heteroatoms. The number of methoxy groups -OCH3 is 1. The van der Waals surface area contributed by atoms with E-state index < -0.39 is 0 Å². The fourth-order valence-corrected chi connectivity index (χ4v) is 3.32. The van der Waals surface area contributed by atoms with Crippen LogP contribution in [0.1, 0.15) is 16.2 Å². The third-order valence-electron chi connectivity index (χ3n) is 3.86. The standard InChI is InChI=1S/C18H16N2O4S/c1-12-18(20(23)16-6-4-3-5-15(16)19(12)22)17(21)11-25-14-9-7-13(24-2)8-10-14/h3-10H,11H2,1-2H3. The van der Waals surface area contributed by atoms with Crippen molar-refractivity contribution in [2.24, 2.45) is 0 Å². The van der Waals surface area contributed by atoms with Crippen molar-refractivity contribution in [1.82, 2.24) is 4.73 Å². The van der Waals surface area contributed by atoms with Gasteiger partial charge in [-0.3, -0.25) is 4.79 Å². The monoisotopic (exact) mass is 356 g/mol. The van der Waals surface area contributed by atoms with Crippen molar-refractivity contribution in [3.63, 3.8) is 0 Å². The number of hydrogen-bond acceptors (Lipinski definition) is 5. The van der Waals surface area contributed by atoms with Gasteiger partial charge in [0.25, 0.3) is 5.52 Å². The quantitative estimate of drug-likeness (QED) is 0.399. The van der Waals surface area contributed by atoms with E-state index >= 15 is 0 Å². The summed E-state index contributed by atoms with van der Waals surface area (Å²) in [6, 6.07) is 13.7. The van der Waals surface area contributed by atoms with Gasteiger partial charge in [0.2, 0.25) is 5.78 Å². The second-order valence-corrected chi connectivity index (χ2v) is 6.45. The fraction of sp³-hybridized carbons (Fsp3) is 0.167. The summed E-state index contributed by atoms with van der Waals surface area (Å²) in [5.74, 6) is 0.405. The molecule has 2 aromatic carbocycles. The highest BCUT2D eigenvalue weighted by atomic mass is 32.2. The number of carbonyl (C=O) groups excluding carboxylic acids is 1. The second-order valence-electron chi connectivity index (χ2n) is 5.40. The van der Waals surface area contributed by atoms with Gasteiger partial charge < -0.3 is 14.7 Å². The summed E-state index contributed by atoms with van der Waals surface area (Å²) in [5, 5.41) is 12.3. The number of rotatable bonds is 5. The molecule has 0 aliphatic heterocycles. The minimum absolute atomic E-state index is 0.0632. The Balaban J connectivity index is 1.90. The summed E-state index contributed by atoms with van der Waals surface area (Å²) in [4.78, 5) is 26.0. The number of fused-ring (bicyclic) bond motifs is 1. The number of nitrogens with zero attached hydrogens (tertiary/aromatic N) is 2. The molecule has 6 nitrogen and oxygen atoms in total. The first-order valence-corrected chi connectivity index (χ1v) is 8.56. The van der Waals surface area contributed by atoms with Crippen LogP contribution in [0.3, 0.4) is 0 Å². The van der Waals surface area contributed by atoms with Crippen LogP contribution in [0.4, 0.5) is 0 Å². The largest absolute Gasteiger partial charge is 0.805 e. The maximum atomic E-state index is 12.6. The first-order valence-electron chi connectivity index (χ1n) is 7.57. The molecule has 0 N–H and O–H groups in total. The number of aromatic nitrogens is 2. The molecule has 3 rings (SSSR count). The van der Waals surface area contributed by atoms with Crippen molar-refractivity contribution in [3.8, 4) is 5.75 Å². The van der Waals surface area contributed by atoms with Crippen LogP contribution >= 0.6 is 11.8 Å². The molecule has 0 fully saturated rings. The molecule has 1 aromatic heterocycles. The molecule has 0 aliphatic rings. The van der Waals surface area contributed by atoms with Gasteiger partial charge in [0.1, 0.15) is 11.3 Å². The molecule has 1 heterocycles. The van der Waals surface area contributed by atoms with Crippen molar-refractivity contribution in [2.45, 2.75) is 11.8 Å². The van der Waals surface area contributed by atoms with Gasteiger partial charge in [-0.2, -0.15) is 0 Å². The van der Waals surface area contributed by atoms with Gasteiger partial charge in [0, 0.05) is 15.9 Å². The van der Waals surface area contributed by atoms with Crippen molar-refractivity contribution in [1.29, 1.82) is 0 Å². The molecular weight excluding hydrogens is 340 g/mol. The summed E-state index contributed by atoms with van der Waals surface area (Å²) in [6.45, 7) is 1.49. The van der Waals surface area contributed by atoms with Crippen LogP contribution in [-0.4, -0.2) is 23.4 Å². The Labute approximate surface area is 148 Å². The van der Waals surface area contributed by atoms with Gasteiger partial charge in [-0.05, 0) is 37.3 Å². The van der Waals surface area contributed by atoms with Crippen LogP contribution in [0.25, 0.3) is 11.0 Å². The Morgan fingerprint density at radius 3 is 2.56 bits per heavy atom. The highest BCUT2D eigenvalue weighted by Gasteiger charge is 2.26. The van der Waals surface area contributed by atoms with E-state index in [1.807, 2.05) is 12.1 Å². The number of thioether (sulfide) groups is 1. The van der Waals surface area contributed by atoms with Crippen LogP contribution in [0.5, 0.6) is 5.75 Å². The highest BCUT2D eigenvalue weighted by Crippen LogP contribution is 2.22. The molecule has 0 bridgehead atoms. The SMILES string of the molecule is COc1ccc(SCC(=O)c2c(C)n([O-])c3ccccc3[n+]2=O)cc1. The Morgan fingerprint density at radius 2 is 1.88 bits per heavy atom. The summed E-state index contributed by atoms with van der Waals surface area (Å²) in [6.07, 6.45) is 0. The van der Waals surface area contributed by atoms with Crippen molar-refractivity contribution < 1.29 is 14.0 Å². The number of ether oxygens (including phenoxy) is 1. The molecular formula is C18H16N2O4S. The zero-order valence-electron chi connectivity index (χ0n) is 13.8. The van der Waals surface area contributed by atoms with E-state index in [1.54, 1.807) is 37.4 Å². The number of hydrogen-bond donors (Lipinski definition) is 0. The van der Waals surface area contributed by atoms with Crippen LogP contribution in [0.2, 0.25) is 0 Å². The third-order valence-corrected chi connectivity index (χ3v) is 4.88. The number of benzene rings is 2. The van der Waals surface area contributed by atoms with Gasteiger partial charge in [-0.1, -0.05) is 12.1 Å². The number of Topliss-reactive ketones (excluding diaryl/α,β-unsaturated/α-hetero) is 1. The molecule has 0 saturated heterocycles. The predicted octanol–water partition coefficient (Wildman–Crippen LogP) is 3.19. The zero-order chi connectivity index (χ0) is 18.0. The molecule has 0 spiro atoms. The highest BCUT2D eigenvalue weighted by molar-refractivity contribution is 8.00. The van der Waals surface area contributed by atoms with Crippen LogP contribution < -0.4 is 9.16 Å². The average molecular weight is 356 g/mol. The molecule has 25 heavy (non-hydrogen) atoms. The number of carbonyl (C=O) groups is 1. The molecule has 0 amide bonds. The molecule has 0 unspecified atom stereocenters. The van der Waals surface area contributed by atoms with E-state index in [0.29, 0.717) is 9.16 Å². The average Bonchev–Trinajstić information content (AvgIpc) is 2.65. The Morgan fingerprint density at radius 1 is 1.20 bits per heavy atom. The van der Waals surface area contributed by atoms with Gasteiger partial charge in [0.15, 0.2) is 0 Å². The lowest BCUT2D eigenvalue weighted by atomic mass is 10.2. The minimum atomic E-state index is -0.385. The first kappa shape index (κ1) is 17.0. The smallest absolute Gasteiger partial charge is 0.325 e. The summed E-state index contributed by atoms with van der Waals surface area (Å²) >= 11 is 1.30. The summed E-state index contributed by atoms with van der Waals surface area (Å²) in [7, 11) is 1.58. The van der Waals surface area contributed by atoms with E-state index in [2.05, 4.69) is 0 Å². The third kappa shape index (κ3) is 3.23. The maximum Gasteiger partial charge on any atom is 0.325 e. The van der Waals surface area contributed by atoms with E-state index in [9.17, 15) is 14.9 Å². The van der Waals surface area contributed by atoms with Gasteiger partial charge in [0.05, 0.1) is 23.0 Å². The van der Waals surface area contributed by atoms with E-state index in [1.165, 1.54) is 24.8 Å². The Hall–Kier alpha value is -2.80. The molecule has 128 valence electrons. The minimum Gasteiger partial charge on any atom is -0.805 e. The van der Waals surface area contributed by atoms with Crippen molar-refractivity contribution in [2.75, 3.05) is 12.9 Å². The molecule has 3 aromatic rings. The zero-order valence-corrected chi connectivity index (χ0v) is 14.6. The van der Waals surface area contributed by atoms with Crippen LogP contribution in [-0.2, 0) is 0 Å². The van der Waals surface area contributed by atoms with Gasteiger partial charge in [-0.15, -0.1) is 11.8 Å². The lowest BCUT2D eigenvalue weighted by Crippen LogP contribution is -2.31. The molecule has 0 aliphatic carbocycles. The Kier molecular flexibility index (Phi) is 4.76.